The van der Waals surface area contributed by atoms with Crippen molar-refractivity contribution in [2.45, 2.75) is 38.9 Å². The van der Waals surface area contributed by atoms with Crippen molar-refractivity contribution in [2.75, 3.05) is 0 Å². The Morgan fingerprint density at radius 2 is 1.33 bits per heavy atom. The summed E-state index contributed by atoms with van der Waals surface area (Å²) < 4.78 is 9.78. The second-order valence-corrected chi connectivity index (χ2v) is 4.39. The van der Waals surface area contributed by atoms with Crippen LogP contribution in [0.15, 0.2) is 25.3 Å². The molecule has 0 fully saturated rings. The van der Waals surface area contributed by atoms with E-state index < -0.39 is 36.0 Å². The molecule has 7 heteroatoms. The molecule has 0 amide bonds. The van der Waals surface area contributed by atoms with Gasteiger partial charge in [0.25, 0.3) is 0 Å². The van der Waals surface area contributed by atoms with Crippen molar-refractivity contribution in [1.29, 1.82) is 0 Å². The number of hydrogen-bond acceptors (Lipinski definition) is 6. The Labute approximate surface area is 146 Å². The number of aliphatic carboxylic acids is 1. The first-order chi connectivity index (χ1) is 9.29. The molecule has 2 unspecified atom stereocenters. The summed E-state index contributed by atoms with van der Waals surface area (Å²) in [6, 6.07) is 0. The van der Waals surface area contributed by atoms with Gasteiger partial charge in [-0.15, -0.1) is 0 Å². The van der Waals surface area contributed by atoms with E-state index in [9.17, 15) is 19.5 Å². The molecule has 0 rings (SSSR count). The third kappa shape index (κ3) is 10.3. The summed E-state index contributed by atoms with van der Waals surface area (Å²) in [6.45, 7) is 9.63. The van der Waals surface area contributed by atoms with Crippen LogP contribution in [0.5, 0.6) is 0 Å². The fraction of sp³-hybridized carbons (Fsp3) is 0.500. The van der Waals surface area contributed by atoms with Crippen LogP contribution in [0.4, 0.5) is 0 Å². The van der Waals surface area contributed by atoms with Gasteiger partial charge in [0.05, 0.1) is 12.2 Å². The van der Waals surface area contributed by atoms with Gasteiger partial charge in [-0.25, -0.2) is 9.59 Å². The van der Waals surface area contributed by atoms with E-state index in [4.69, 9.17) is 9.47 Å². The van der Waals surface area contributed by atoms with Crippen LogP contribution in [-0.2, 0) is 23.9 Å². The fourth-order valence-corrected chi connectivity index (χ4v) is 1.68. The molecular weight excluding hydrogens is 287 g/mol. The standard InChI is InChI=1S/C14H20O6.Na/c1-5-12(15)19-9(3)7-11(14(17)18)8-10(4)20-13(16)6-2;/h5-6,9-11H,1-2,7-8H2,3-4H3,(H,17,18);/q;+1/p-1. The van der Waals surface area contributed by atoms with Crippen LogP contribution in [0, 0.1) is 5.92 Å². The Bertz CT molecular complexity index is 363. The van der Waals surface area contributed by atoms with Gasteiger partial charge in [-0.3, -0.25) is 0 Å². The number of carboxylic acid groups (broad SMARTS) is 1. The molecule has 0 aliphatic rings. The monoisotopic (exact) mass is 306 g/mol. The molecule has 0 radical (unpaired) electrons. The van der Waals surface area contributed by atoms with Gasteiger partial charge in [-0.05, 0) is 26.7 Å². The van der Waals surface area contributed by atoms with E-state index in [-0.39, 0.29) is 42.4 Å². The van der Waals surface area contributed by atoms with Crippen molar-refractivity contribution in [3.8, 4) is 0 Å². The van der Waals surface area contributed by atoms with Gasteiger partial charge in [0.1, 0.15) is 0 Å². The molecule has 0 aliphatic carbocycles. The second kappa shape index (κ2) is 11.5. The maximum absolute atomic E-state index is 11.0. The van der Waals surface area contributed by atoms with Crippen molar-refractivity contribution in [3.05, 3.63) is 25.3 Å². The second-order valence-electron chi connectivity index (χ2n) is 4.39. The predicted molar refractivity (Wildman–Crippen MR) is 69.2 cm³/mol. The molecule has 21 heavy (non-hydrogen) atoms. The van der Waals surface area contributed by atoms with Gasteiger partial charge in [0.2, 0.25) is 0 Å². The molecule has 112 valence electrons. The number of rotatable bonds is 9. The third-order valence-corrected chi connectivity index (χ3v) is 2.53. The maximum atomic E-state index is 11.0. The summed E-state index contributed by atoms with van der Waals surface area (Å²) in [4.78, 5) is 33.0. The maximum Gasteiger partial charge on any atom is 1.00 e. The molecule has 0 aromatic carbocycles. The number of ether oxygens (including phenoxy) is 2. The smallest absolute Gasteiger partial charge is 0.550 e. The van der Waals surface area contributed by atoms with Crippen LogP contribution in [0.1, 0.15) is 26.7 Å². The van der Waals surface area contributed by atoms with E-state index >= 15 is 0 Å². The van der Waals surface area contributed by atoms with E-state index in [0.717, 1.165) is 12.2 Å². The first kappa shape index (κ1) is 22.2. The molecule has 0 saturated carbocycles. The Balaban J connectivity index is 0. The number of hydrogen-bond donors (Lipinski definition) is 0. The minimum atomic E-state index is -1.28. The number of carbonyl (C=O) groups excluding carboxylic acids is 3. The van der Waals surface area contributed by atoms with Gasteiger partial charge in [-0.1, -0.05) is 13.2 Å². The molecule has 0 spiro atoms. The fourth-order valence-electron chi connectivity index (χ4n) is 1.68. The molecule has 0 N–H and O–H groups in total. The molecule has 0 aromatic heterocycles. The predicted octanol–water partition coefficient (Wildman–Crippen LogP) is -2.63. The van der Waals surface area contributed by atoms with Crippen molar-refractivity contribution >= 4 is 17.9 Å². The molecule has 0 saturated heterocycles. The molecule has 0 aliphatic heterocycles. The van der Waals surface area contributed by atoms with Gasteiger partial charge < -0.3 is 19.4 Å². The summed E-state index contributed by atoms with van der Waals surface area (Å²) in [5, 5.41) is 11.0. The first-order valence-electron chi connectivity index (χ1n) is 6.17. The Morgan fingerprint density at radius 1 is 1.00 bits per heavy atom. The average molecular weight is 306 g/mol. The molecule has 0 aromatic rings. The quantitative estimate of drug-likeness (QED) is 0.263. The zero-order chi connectivity index (χ0) is 15.7. The largest absolute Gasteiger partial charge is 1.00 e. The summed E-state index contributed by atoms with van der Waals surface area (Å²) in [7, 11) is 0. The van der Waals surface area contributed by atoms with Crippen LogP contribution in [0.2, 0.25) is 0 Å². The van der Waals surface area contributed by atoms with Gasteiger partial charge in [-0.2, -0.15) is 0 Å². The summed E-state index contributed by atoms with van der Waals surface area (Å²) in [5.41, 5.74) is 0. The normalized spacial score (nSPS) is 13.8. The van der Waals surface area contributed by atoms with E-state index in [1.807, 2.05) is 0 Å². The zero-order valence-corrected chi connectivity index (χ0v) is 14.7. The summed E-state index contributed by atoms with van der Waals surface area (Å²) in [5.74, 6) is -3.43. The molecular formula is C14H19NaO6. The Morgan fingerprint density at radius 3 is 1.57 bits per heavy atom. The molecule has 6 nitrogen and oxygen atoms in total. The zero-order valence-electron chi connectivity index (χ0n) is 12.7. The van der Waals surface area contributed by atoms with Crippen LogP contribution >= 0.6 is 0 Å². The van der Waals surface area contributed by atoms with Crippen LogP contribution in [-0.4, -0.2) is 30.1 Å². The van der Waals surface area contributed by atoms with E-state index in [1.165, 1.54) is 0 Å². The van der Waals surface area contributed by atoms with E-state index in [2.05, 4.69) is 13.2 Å². The van der Waals surface area contributed by atoms with Gasteiger partial charge in [0.15, 0.2) is 0 Å². The van der Waals surface area contributed by atoms with Crippen LogP contribution < -0.4 is 34.7 Å². The first-order valence-corrected chi connectivity index (χ1v) is 6.17. The Hall–Kier alpha value is -1.11. The van der Waals surface area contributed by atoms with Crippen molar-refractivity contribution in [2.24, 2.45) is 5.92 Å². The topological polar surface area (TPSA) is 92.7 Å². The SMILES string of the molecule is C=CC(=O)OC(C)CC(CC(C)OC(=O)C=C)C(=O)[O-].[Na+]. The van der Waals surface area contributed by atoms with Crippen molar-refractivity contribution in [3.63, 3.8) is 0 Å². The minimum Gasteiger partial charge on any atom is -0.550 e. The van der Waals surface area contributed by atoms with Gasteiger partial charge in [0, 0.05) is 24.0 Å². The number of carboxylic acids is 1. The van der Waals surface area contributed by atoms with Crippen molar-refractivity contribution < 1.29 is 58.5 Å². The number of esters is 2. The molecule has 2 atom stereocenters. The summed E-state index contributed by atoms with van der Waals surface area (Å²) in [6.07, 6.45) is 0.921. The van der Waals surface area contributed by atoms with E-state index in [0.29, 0.717) is 0 Å². The molecule has 0 bridgehead atoms. The minimum absolute atomic E-state index is 0. The summed E-state index contributed by atoms with van der Waals surface area (Å²) >= 11 is 0. The van der Waals surface area contributed by atoms with Crippen LogP contribution in [0.25, 0.3) is 0 Å². The molecule has 0 heterocycles. The van der Waals surface area contributed by atoms with Gasteiger partial charge >= 0.3 is 41.5 Å². The van der Waals surface area contributed by atoms with Crippen LogP contribution in [0.3, 0.4) is 0 Å². The average Bonchev–Trinajstić information content (AvgIpc) is 2.37. The Kier molecular flexibility index (Phi) is 12.2. The van der Waals surface area contributed by atoms with Crippen molar-refractivity contribution in [1.82, 2.24) is 0 Å². The number of carbonyl (C=O) groups is 3. The third-order valence-electron chi connectivity index (χ3n) is 2.53. The van der Waals surface area contributed by atoms with E-state index in [1.54, 1.807) is 13.8 Å².